The molecule has 0 aromatic rings. The minimum Gasteiger partial charge on any atom is -0.451 e. The second-order valence-electron chi connectivity index (χ2n) is 10.2. The van der Waals surface area contributed by atoms with Crippen molar-refractivity contribution in [2.24, 2.45) is 5.73 Å². The van der Waals surface area contributed by atoms with Gasteiger partial charge in [0, 0.05) is 26.2 Å². The van der Waals surface area contributed by atoms with Crippen molar-refractivity contribution >= 4 is 17.8 Å². The van der Waals surface area contributed by atoms with Crippen LogP contribution in [0.4, 0.5) is 0 Å². The first-order valence-electron chi connectivity index (χ1n) is 13.5. The third-order valence-corrected chi connectivity index (χ3v) is 7.19. The molecule has 13 N–H and O–H groups in total. The molecule has 10 atom stereocenters. The molecule has 0 spiro atoms. The molecule has 1 fully saturated rings. The Balaban J connectivity index is 3.30. The predicted molar refractivity (Wildman–Crippen MR) is 140 cm³/mol. The van der Waals surface area contributed by atoms with Crippen molar-refractivity contribution in [1.82, 2.24) is 10.2 Å². The summed E-state index contributed by atoms with van der Waals surface area (Å²) in [4.78, 5) is 41.0. The van der Waals surface area contributed by atoms with Crippen LogP contribution in [0, 0.1) is 0 Å². The number of hydrogen-bond acceptors (Lipinski definition) is 18. The number of carbonyl (C=O) groups excluding carboxylic acids is 3. The molecule has 1 heterocycles. The minimum atomic E-state index is -3.03. The minimum absolute atomic E-state index is 0.0811. The molecule has 0 bridgehead atoms. The maximum absolute atomic E-state index is 13.4. The monoisotopic (exact) mass is 631 g/mol. The fraction of sp³-hybridized carbons (Fsp3) is 0.875. The van der Waals surface area contributed by atoms with E-state index in [0.29, 0.717) is 26.3 Å². The molecule has 19 nitrogen and oxygen atoms in total. The van der Waals surface area contributed by atoms with Crippen LogP contribution in [0.15, 0.2) is 0 Å². The van der Waals surface area contributed by atoms with E-state index in [1.807, 2.05) is 4.90 Å². The quantitative estimate of drug-likeness (QED) is 0.0493. The van der Waals surface area contributed by atoms with Gasteiger partial charge in [0.25, 0.3) is 11.6 Å². The van der Waals surface area contributed by atoms with E-state index in [9.17, 15) is 55.2 Å². The van der Waals surface area contributed by atoms with Crippen LogP contribution in [0.3, 0.4) is 0 Å². The van der Waals surface area contributed by atoms with Crippen LogP contribution in [0.1, 0.15) is 20.3 Å². The van der Waals surface area contributed by atoms with Gasteiger partial charge in [-0.05, 0) is 13.3 Å². The van der Waals surface area contributed by atoms with Gasteiger partial charge in [-0.15, -0.1) is 0 Å². The van der Waals surface area contributed by atoms with E-state index in [1.165, 1.54) is 6.92 Å². The molecular formula is C24H45N3O16. The number of amides is 1. The summed E-state index contributed by atoms with van der Waals surface area (Å²) < 4.78 is 15.5. The average Bonchev–Trinajstić information content (AvgIpc) is 3.01. The lowest BCUT2D eigenvalue weighted by Gasteiger charge is -2.43. The Bertz CT molecular complexity index is 895. The normalized spacial score (nSPS) is 22.8. The first-order valence-corrected chi connectivity index (χ1v) is 13.5. The molecule has 43 heavy (non-hydrogen) atoms. The van der Waals surface area contributed by atoms with Crippen molar-refractivity contribution in [2.45, 2.75) is 80.4 Å². The highest BCUT2D eigenvalue weighted by molar-refractivity contribution is 5.90. The number of rotatable bonds is 18. The van der Waals surface area contributed by atoms with Crippen LogP contribution in [0.25, 0.3) is 0 Å². The summed E-state index contributed by atoms with van der Waals surface area (Å²) in [7, 11) is 0. The number of nitrogens with two attached hydrogens (primary N) is 1. The maximum Gasteiger partial charge on any atom is 0.340 e. The van der Waals surface area contributed by atoms with E-state index in [2.05, 4.69) is 5.32 Å². The van der Waals surface area contributed by atoms with Crippen molar-refractivity contribution in [1.29, 1.82) is 0 Å². The number of hydrogen-bond donors (Lipinski definition) is 12. The van der Waals surface area contributed by atoms with E-state index in [4.69, 9.17) is 30.2 Å². The second kappa shape index (κ2) is 17.4. The zero-order chi connectivity index (χ0) is 33.1. The lowest BCUT2D eigenvalue weighted by Crippen LogP contribution is -2.72. The number of nitrogens with zero attached hydrogens (tertiary/aromatic N) is 1. The lowest BCUT2D eigenvalue weighted by molar-refractivity contribution is -0.226. The van der Waals surface area contributed by atoms with Gasteiger partial charge in [-0.2, -0.15) is 0 Å². The van der Waals surface area contributed by atoms with Gasteiger partial charge in [-0.3, -0.25) is 15.4 Å². The van der Waals surface area contributed by atoms with Crippen molar-refractivity contribution in [3.8, 4) is 0 Å². The number of esters is 2. The Morgan fingerprint density at radius 1 is 0.837 bits per heavy atom. The van der Waals surface area contributed by atoms with Crippen molar-refractivity contribution in [3.05, 3.63) is 0 Å². The highest BCUT2D eigenvalue weighted by atomic mass is 16.6. The molecule has 1 rings (SSSR count). The number of aliphatic hydroxyl groups is 10. The van der Waals surface area contributed by atoms with Crippen LogP contribution in [0.5, 0.6) is 0 Å². The SMILES string of the molecule is CC[C@](C)(OC(=O)C(O)C(O)C(O)C(O)CO)[C@](N)(OC(=O)C(O)C(O)C(O)C(O)CO)C(=O)NCCN1CCOCC1. The largest absolute Gasteiger partial charge is 0.451 e. The van der Waals surface area contributed by atoms with Gasteiger partial charge in [0.1, 0.15) is 36.6 Å². The smallest absolute Gasteiger partial charge is 0.340 e. The van der Waals surface area contributed by atoms with Crippen molar-refractivity contribution in [3.63, 3.8) is 0 Å². The van der Waals surface area contributed by atoms with Crippen LogP contribution < -0.4 is 11.1 Å². The summed E-state index contributed by atoms with van der Waals surface area (Å²) in [5.74, 6) is -4.83. The highest BCUT2D eigenvalue weighted by Crippen LogP contribution is 2.31. The summed E-state index contributed by atoms with van der Waals surface area (Å²) in [6.45, 7) is 2.39. The van der Waals surface area contributed by atoms with E-state index in [-0.39, 0.29) is 13.1 Å². The second-order valence-corrected chi connectivity index (χ2v) is 10.2. The fourth-order valence-electron chi connectivity index (χ4n) is 3.91. The Labute approximate surface area is 247 Å². The molecule has 0 aliphatic carbocycles. The van der Waals surface area contributed by atoms with E-state index < -0.39 is 97.6 Å². The maximum atomic E-state index is 13.4. The van der Waals surface area contributed by atoms with E-state index >= 15 is 0 Å². The molecule has 252 valence electrons. The fourth-order valence-corrected chi connectivity index (χ4v) is 3.91. The molecule has 1 aliphatic heterocycles. The molecule has 0 saturated carbocycles. The molecule has 0 aromatic carbocycles. The molecule has 0 radical (unpaired) electrons. The number of aliphatic hydroxyl groups excluding tert-OH is 10. The molecular weight excluding hydrogens is 586 g/mol. The van der Waals surface area contributed by atoms with Crippen LogP contribution >= 0.6 is 0 Å². The van der Waals surface area contributed by atoms with Gasteiger partial charge in [-0.1, -0.05) is 6.92 Å². The van der Waals surface area contributed by atoms with Crippen LogP contribution in [0.2, 0.25) is 0 Å². The van der Waals surface area contributed by atoms with Gasteiger partial charge in [-0.25, -0.2) is 9.59 Å². The highest BCUT2D eigenvalue weighted by Gasteiger charge is 2.58. The zero-order valence-electron chi connectivity index (χ0n) is 23.9. The molecule has 1 amide bonds. The first kappa shape index (κ1) is 38.9. The molecule has 1 aliphatic rings. The first-order chi connectivity index (χ1) is 20.0. The number of nitrogens with one attached hydrogen (secondary N) is 1. The third-order valence-electron chi connectivity index (χ3n) is 7.19. The van der Waals surface area contributed by atoms with Gasteiger partial charge in [0.2, 0.25) is 0 Å². The van der Waals surface area contributed by atoms with Gasteiger partial charge in [0.05, 0.1) is 26.4 Å². The number of ether oxygens (including phenoxy) is 3. The van der Waals surface area contributed by atoms with Gasteiger partial charge in [0.15, 0.2) is 17.8 Å². The Morgan fingerprint density at radius 2 is 1.28 bits per heavy atom. The number of morpholine rings is 1. The zero-order valence-corrected chi connectivity index (χ0v) is 23.9. The summed E-state index contributed by atoms with van der Waals surface area (Å²) in [5.41, 5.74) is 0.790. The number of carbonyl (C=O) groups is 3. The van der Waals surface area contributed by atoms with Crippen molar-refractivity contribution in [2.75, 3.05) is 52.6 Å². The third kappa shape index (κ3) is 9.94. The van der Waals surface area contributed by atoms with Crippen LogP contribution in [-0.2, 0) is 28.6 Å². The summed E-state index contributed by atoms with van der Waals surface area (Å²) in [5, 5.41) is 99.8. The Morgan fingerprint density at radius 3 is 1.70 bits per heavy atom. The standard InChI is InChI=1S/C24H45N3O16/c1-3-23(2,42-20(38)18(36)16(34)14(32)12(30)10-28)24(25,22(40)26-4-5-27-6-8-41-9-7-27)43-21(39)19(37)17(35)15(33)13(31)11-29/h12-19,28-37H,3-11,25H2,1-2H3,(H,26,40)/t12?,13?,14?,15?,16?,17?,18?,19?,23-,24+/m0/s1. The average molecular weight is 632 g/mol. The van der Waals surface area contributed by atoms with Crippen LogP contribution in [-0.4, -0.2) is 187 Å². The molecule has 0 aromatic heterocycles. The predicted octanol–water partition coefficient (Wildman–Crippen LogP) is -7.78. The van der Waals surface area contributed by atoms with Gasteiger partial charge >= 0.3 is 11.9 Å². The van der Waals surface area contributed by atoms with Crippen molar-refractivity contribution < 1.29 is 79.7 Å². The van der Waals surface area contributed by atoms with E-state index in [1.54, 1.807) is 0 Å². The Kier molecular flexibility index (Phi) is 15.7. The van der Waals surface area contributed by atoms with E-state index in [0.717, 1.165) is 6.92 Å². The summed E-state index contributed by atoms with van der Waals surface area (Å²) in [6.07, 6.45) is -18.9. The molecule has 19 heteroatoms. The summed E-state index contributed by atoms with van der Waals surface area (Å²) >= 11 is 0. The lowest BCUT2D eigenvalue weighted by atomic mass is 9.88. The topological polar surface area (TPSA) is 322 Å². The Hall–Kier alpha value is -2.11. The summed E-state index contributed by atoms with van der Waals surface area (Å²) in [6, 6.07) is 0. The molecule has 8 unspecified atom stereocenters. The molecule has 1 saturated heterocycles. The van der Waals surface area contributed by atoms with Gasteiger partial charge < -0.3 is 70.6 Å².